The van der Waals surface area contributed by atoms with Crippen molar-refractivity contribution in [2.24, 2.45) is 0 Å². The lowest BCUT2D eigenvalue weighted by atomic mass is 9.89. The van der Waals surface area contributed by atoms with Crippen LogP contribution in [0.4, 0.5) is 0 Å². The smallest absolute Gasteiger partial charge is 0.0516 e. The van der Waals surface area contributed by atoms with Crippen molar-refractivity contribution >= 4 is 34.8 Å². The average Bonchev–Trinajstić information content (AvgIpc) is 1.79. The first-order chi connectivity index (χ1) is 4.51. The van der Waals surface area contributed by atoms with Gasteiger partial charge in [0.15, 0.2) is 0 Å². The Labute approximate surface area is 76.8 Å². The molecule has 1 saturated carbocycles. The normalized spacial score (nSPS) is 49.2. The van der Waals surface area contributed by atoms with Gasteiger partial charge < -0.3 is 0 Å². The van der Waals surface area contributed by atoms with Gasteiger partial charge in [0.05, 0.1) is 10.8 Å². The zero-order valence-electron chi connectivity index (χ0n) is 5.91. The highest BCUT2D eigenvalue weighted by Crippen LogP contribution is 2.38. The van der Waals surface area contributed by atoms with Crippen LogP contribution in [-0.2, 0) is 0 Å². The maximum absolute atomic E-state index is 6.09. The largest absolute Gasteiger partial charge is 0.121 e. The lowest BCUT2D eigenvalue weighted by Crippen LogP contribution is -2.33. The minimum absolute atomic E-state index is 0.0536. The molecular weight excluding hydrogens is 190 g/mol. The van der Waals surface area contributed by atoms with E-state index in [-0.39, 0.29) is 15.6 Å². The molecule has 1 aliphatic rings. The molecule has 0 spiro atoms. The van der Waals surface area contributed by atoms with Crippen LogP contribution >= 0.6 is 34.8 Å². The Bertz CT molecular complexity index is 122. The highest BCUT2D eigenvalue weighted by molar-refractivity contribution is 6.31. The molecule has 0 amide bonds. The van der Waals surface area contributed by atoms with E-state index in [0.717, 1.165) is 19.3 Å². The van der Waals surface area contributed by atoms with Gasteiger partial charge in [-0.15, -0.1) is 34.8 Å². The van der Waals surface area contributed by atoms with E-state index in [4.69, 9.17) is 34.8 Å². The molecule has 0 saturated heterocycles. The zero-order valence-corrected chi connectivity index (χ0v) is 8.18. The Balaban J connectivity index is 2.49. The number of halogens is 3. The van der Waals surface area contributed by atoms with Gasteiger partial charge in [-0.2, -0.15) is 0 Å². The Morgan fingerprint density at radius 1 is 1.30 bits per heavy atom. The molecule has 10 heavy (non-hydrogen) atoms. The van der Waals surface area contributed by atoms with Crippen LogP contribution in [-0.4, -0.2) is 15.6 Å². The van der Waals surface area contributed by atoms with E-state index >= 15 is 0 Å². The molecular formula is C7H11Cl3. The van der Waals surface area contributed by atoms with Crippen LogP contribution in [0.1, 0.15) is 26.2 Å². The molecule has 0 radical (unpaired) electrons. The predicted octanol–water partition coefficient (Wildman–Crippen LogP) is 3.38. The molecule has 3 atom stereocenters. The molecule has 0 heterocycles. The molecule has 0 aliphatic heterocycles. The fourth-order valence-electron chi connectivity index (χ4n) is 1.26. The van der Waals surface area contributed by atoms with E-state index in [2.05, 4.69) is 0 Å². The van der Waals surface area contributed by atoms with Crippen molar-refractivity contribution in [3.05, 3.63) is 0 Å². The average molecular weight is 202 g/mol. The van der Waals surface area contributed by atoms with Crippen LogP contribution in [0.2, 0.25) is 0 Å². The van der Waals surface area contributed by atoms with Crippen LogP contribution in [0.15, 0.2) is 0 Å². The maximum Gasteiger partial charge on any atom is 0.0516 e. The highest BCUT2D eigenvalue weighted by atomic mass is 35.5. The maximum atomic E-state index is 6.09. The fraction of sp³-hybridized carbons (Fsp3) is 1.00. The summed E-state index contributed by atoms with van der Waals surface area (Å²) in [5.41, 5.74) is 0. The van der Waals surface area contributed by atoms with Crippen LogP contribution in [0.25, 0.3) is 0 Å². The quantitative estimate of drug-likeness (QED) is 0.527. The Morgan fingerprint density at radius 3 is 2.30 bits per heavy atom. The highest BCUT2D eigenvalue weighted by Gasteiger charge is 2.34. The summed E-state index contributed by atoms with van der Waals surface area (Å²) in [5.74, 6) is 0. The Morgan fingerprint density at radius 2 is 1.90 bits per heavy atom. The number of alkyl halides is 3. The summed E-state index contributed by atoms with van der Waals surface area (Å²) in [6.07, 6.45) is 2.74. The molecule has 1 fully saturated rings. The molecule has 1 aliphatic carbocycles. The first-order valence-corrected chi connectivity index (χ1v) is 4.73. The monoisotopic (exact) mass is 200 g/mol. The van der Waals surface area contributed by atoms with Gasteiger partial charge in [-0.3, -0.25) is 0 Å². The molecule has 60 valence electrons. The fourth-order valence-corrected chi connectivity index (χ4v) is 2.28. The molecule has 3 heteroatoms. The van der Waals surface area contributed by atoms with Gasteiger partial charge in [0.2, 0.25) is 0 Å². The zero-order chi connectivity index (χ0) is 7.78. The first-order valence-electron chi connectivity index (χ1n) is 3.48. The van der Waals surface area contributed by atoms with Crippen molar-refractivity contribution < 1.29 is 0 Å². The summed E-state index contributed by atoms with van der Waals surface area (Å²) in [5, 5.41) is 0.173. The molecule has 1 rings (SSSR count). The summed E-state index contributed by atoms with van der Waals surface area (Å²) in [7, 11) is 0. The predicted molar refractivity (Wildman–Crippen MR) is 47.4 cm³/mol. The molecule has 0 aromatic carbocycles. The van der Waals surface area contributed by atoms with Crippen molar-refractivity contribution in [1.29, 1.82) is 0 Å². The third-order valence-electron chi connectivity index (χ3n) is 1.95. The van der Waals surface area contributed by atoms with Crippen molar-refractivity contribution in [1.82, 2.24) is 0 Å². The number of rotatable bonds is 0. The van der Waals surface area contributed by atoms with Gasteiger partial charge in [-0.25, -0.2) is 0 Å². The second-order valence-electron chi connectivity index (χ2n) is 3.19. The third-order valence-corrected chi connectivity index (χ3v) is 3.41. The van der Waals surface area contributed by atoms with Crippen molar-refractivity contribution in [3.63, 3.8) is 0 Å². The molecule has 0 aromatic heterocycles. The molecule has 0 N–H and O–H groups in total. The van der Waals surface area contributed by atoms with Gasteiger partial charge >= 0.3 is 0 Å². The van der Waals surface area contributed by atoms with E-state index in [0.29, 0.717) is 0 Å². The third kappa shape index (κ3) is 2.18. The minimum Gasteiger partial charge on any atom is -0.121 e. The molecule has 0 aromatic rings. The van der Waals surface area contributed by atoms with E-state index in [1.165, 1.54) is 0 Å². The second-order valence-corrected chi connectivity index (χ2v) is 5.22. The Hall–Kier alpha value is 0.870. The topological polar surface area (TPSA) is 0 Å². The van der Waals surface area contributed by atoms with Crippen molar-refractivity contribution in [2.45, 2.75) is 41.8 Å². The second kappa shape index (κ2) is 3.08. The van der Waals surface area contributed by atoms with Crippen LogP contribution in [0.3, 0.4) is 0 Å². The van der Waals surface area contributed by atoms with Crippen molar-refractivity contribution in [3.8, 4) is 0 Å². The van der Waals surface area contributed by atoms with Crippen LogP contribution in [0.5, 0.6) is 0 Å². The van der Waals surface area contributed by atoms with Gasteiger partial charge in [-0.1, -0.05) is 0 Å². The lowest BCUT2D eigenvalue weighted by Gasteiger charge is -2.33. The Kier molecular flexibility index (Phi) is 2.76. The summed E-state index contributed by atoms with van der Waals surface area (Å²) in [6.45, 7) is 2.02. The molecule has 0 unspecified atom stereocenters. The van der Waals surface area contributed by atoms with Crippen molar-refractivity contribution in [2.75, 3.05) is 0 Å². The van der Waals surface area contributed by atoms with Gasteiger partial charge in [0, 0.05) is 4.87 Å². The van der Waals surface area contributed by atoms with E-state index < -0.39 is 0 Å². The summed E-state index contributed by atoms with van der Waals surface area (Å²) < 4.78 is 0. The van der Waals surface area contributed by atoms with E-state index in [1.807, 2.05) is 6.92 Å². The van der Waals surface area contributed by atoms with Gasteiger partial charge in [-0.05, 0) is 26.2 Å². The SMILES string of the molecule is C[C@@]1(Cl)CC[C@H](Cl)[C@@H](Cl)C1. The number of hydrogen-bond acceptors (Lipinski definition) is 0. The van der Waals surface area contributed by atoms with E-state index in [1.54, 1.807) is 0 Å². The lowest BCUT2D eigenvalue weighted by molar-refractivity contribution is 0.425. The summed E-state index contributed by atoms with van der Waals surface area (Å²) in [4.78, 5) is -0.113. The van der Waals surface area contributed by atoms with Gasteiger partial charge in [0.25, 0.3) is 0 Å². The number of hydrogen-bond donors (Lipinski definition) is 0. The van der Waals surface area contributed by atoms with Gasteiger partial charge in [0.1, 0.15) is 0 Å². The van der Waals surface area contributed by atoms with E-state index in [9.17, 15) is 0 Å². The van der Waals surface area contributed by atoms with Crippen LogP contribution in [0, 0.1) is 0 Å². The summed E-state index contributed by atoms with van der Waals surface area (Å²) >= 11 is 17.9. The summed E-state index contributed by atoms with van der Waals surface area (Å²) in [6, 6.07) is 0. The van der Waals surface area contributed by atoms with Crippen LogP contribution < -0.4 is 0 Å². The minimum atomic E-state index is -0.113. The molecule has 0 nitrogen and oxygen atoms in total. The molecule has 0 bridgehead atoms. The standard InChI is InChI=1S/C7H11Cl3/c1-7(10)3-2-5(8)6(9)4-7/h5-6H,2-4H2,1H3/t5-,6-,7+/m0/s1. The first kappa shape index (κ1) is 8.96.